The SMILES string of the molecule is IP(CC1CCC1)(c1ccccc1)(c1ccccc1)c1ccccc1. The molecule has 0 amide bonds. The summed E-state index contributed by atoms with van der Waals surface area (Å²) in [4.78, 5) is 0. The van der Waals surface area contributed by atoms with Gasteiger partial charge in [0.2, 0.25) is 0 Å². The van der Waals surface area contributed by atoms with Crippen LogP contribution >= 0.6 is 26.3 Å². The standard InChI is InChI=1S/C23H24IP/c24-25(19-20-11-10-12-20,21-13-4-1-5-14-21,22-15-6-2-7-16-22)23-17-8-3-9-18-23/h1-9,13-18,20H,10-12,19H2. The Morgan fingerprint density at radius 3 is 1.28 bits per heavy atom. The van der Waals surface area contributed by atoms with Crippen molar-refractivity contribution in [2.45, 2.75) is 19.3 Å². The summed E-state index contributed by atoms with van der Waals surface area (Å²) in [5.74, 6) is 0.843. The molecule has 3 aromatic carbocycles. The minimum atomic E-state index is -2.50. The van der Waals surface area contributed by atoms with Gasteiger partial charge in [-0.3, -0.25) is 0 Å². The number of halogens is 1. The average molecular weight is 458 g/mol. The molecule has 0 spiro atoms. The molecular weight excluding hydrogens is 434 g/mol. The number of hydrogen-bond donors (Lipinski definition) is 0. The van der Waals surface area contributed by atoms with Gasteiger partial charge in [0.15, 0.2) is 0 Å². The van der Waals surface area contributed by atoms with Crippen molar-refractivity contribution in [3.8, 4) is 0 Å². The third-order valence-corrected chi connectivity index (χ3v) is 17.2. The zero-order valence-electron chi connectivity index (χ0n) is 14.4. The van der Waals surface area contributed by atoms with Crippen molar-refractivity contribution in [1.82, 2.24) is 0 Å². The average Bonchev–Trinajstić information content (AvgIpc) is 2.67. The summed E-state index contributed by atoms with van der Waals surface area (Å²) in [5, 5.41) is 4.54. The first-order valence-electron chi connectivity index (χ1n) is 9.11. The number of hydrogen-bond acceptors (Lipinski definition) is 0. The molecule has 3 aromatic rings. The fourth-order valence-electron chi connectivity index (χ4n) is 4.14. The molecule has 25 heavy (non-hydrogen) atoms. The van der Waals surface area contributed by atoms with E-state index in [9.17, 15) is 0 Å². The van der Waals surface area contributed by atoms with Gasteiger partial charge in [-0.1, -0.05) is 0 Å². The Morgan fingerprint density at radius 2 is 1.00 bits per heavy atom. The van der Waals surface area contributed by atoms with E-state index in [0.717, 1.165) is 5.92 Å². The first-order chi connectivity index (χ1) is 12.2. The summed E-state index contributed by atoms with van der Waals surface area (Å²) in [6.45, 7) is 0. The maximum absolute atomic E-state index is 2.91. The van der Waals surface area contributed by atoms with E-state index < -0.39 is 4.25 Å². The minimum absolute atomic E-state index is 0.843. The molecule has 0 saturated heterocycles. The van der Waals surface area contributed by atoms with Gasteiger partial charge in [0, 0.05) is 0 Å². The van der Waals surface area contributed by atoms with Gasteiger partial charge in [0.05, 0.1) is 0 Å². The Hall–Kier alpha value is -1.18. The Kier molecular flexibility index (Phi) is 4.73. The molecule has 2 heteroatoms. The summed E-state index contributed by atoms with van der Waals surface area (Å²) in [6, 6.07) is 33.9. The van der Waals surface area contributed by atoms with Crippen molar-refractivity contribution >= 4 is 42.2 Å². The molecule has 0 nitrogen and oxygen atoms in total. The zero-order valence-corrected chi connectivity index (χ0v) is 17.4. The predicted octanol–water partition coefficient (Wildman–Crippen LogP) is 5.67. The van der Waals surface area contributed by atoms with Crippen molar-refractivity contribution in [2.75, 3.05) is 6.16 Å². The van der Waals surface area contributed by atoms with Crippen LogP contribution in [0.3, 0.4) is 0 Å². The molecule has 0 aromatic heterocycles. The van der Waals surface area contributed by atoms with Crippen molar-refractivity contribution < 1.29 is 0 Å². The topological polar surface area (TPSA) is 0 Å². The van der Waals surface area contributed by atoms with E-state index in [2.05, 4.69) is 113 Å². The molecule has 1 fully saturated rings. The van der Waals surface area contributed by atoms with E-state index >= 15 is 0 Å². The van der Waals surface area contributed by atoms with Crippen molar-refractivity contribution in [2.24, 2.45) is 5.92 Å². The Bertz CT molecular complexity index is 726. The molecule has 128 valence electrons. The molecule has 0 atom stereocenters. The van der Waals surface area contributed by atoms with Gasteiger partial charge in [-0.25, -0.2) is 0 Å². The van der Waals surface area contributed by atoms with E-state index in [0.29, 0.717) is 0 Å². The second-order valence-electron chi connectivity index (χ2n) is 7.17. The summed E-state index contributed by atoms with van der Waals surface area (Å²) >= 11 is 2.91. The molecule has 0 heterocycles. The molecule has 0 N–H and O–H groups in total. The third-order valence-electron chi connectivity index (χ3n) is 5.71. The van der Waals surface area contributed by atoms with E-state index in [1.54, 1.807) is 0 Å². The molecule has 1 aliphatic carbocycles. The third kappa shape index (κ3) is 2.86. The first kappa shape index (κ1) is 17.2. The van der Waals surface area contributed by atoms with Gasteiger partial charge in [0.1, 0.15) is 0 Å². The second-order valence-corrected chi connectivity index (χ2v) is 17.8. The van der Waals surface area contributed by atoms with Crippen LogP contribution in [0.5, 0.6) is 0 Å². The molecule has 1 saturated carbocycles. The molecule has 0 bridgehead atoms. The second kappa shape index (κ2) is 6.85. The van der Waals surface area contributed by atoms with Gasteiger partial charge in [-0.2, -0.15) is 0 Å². The van der Waals surface area contributed by atoms with Crippen LogP contribution in [0.25, 0.3) is 0 Å². The van der Waals surface area contributed by atoms with Crippen LogP contribution in [0.2, 0.25) is 0 Å². The van der Waals surface area contributed by atoms with Gasteiger partial charge in [0.25, 0.3) is 0 Å². The van der Waals surface area contributed by atoms with Crippen LogP contribution in [-0.2, 0) is 0 Å². The van der Waals surface area contributed by atoms with Crippen LogP contribution in [0.15, 0.2) is 91.0 Å². The van der Waals surface area contributed by atoms with Crippen molar-refractivity contribution in [3.63, 3.8) is 0 Å². The maximum atomic E-state index is 2.91. The Balaban J connectivity index is 2.04. The normalized spacial score (nSPS) is 16.6. The number of benzene rings is 3. The van der Waals surface area contributed by atoms with E-state index in [-0.39, 0.29) is 0 Å². The molecular formula is C23H24IP. The van der Waals surface area contributed by atoms with Gasteiger partial charge in [-0.15, -0.1) is 0 Å². The van der Waals surface area contributed by atoms with Crippen LogP contribution in [0.1, 0.15) is 19.3 Å². The number of rotatable bonds is 5. The van der Waals surface area contributed by atoms with Gasteiger partial charge >= 0.3 is 165 Å². The first-order valence-corrected chi connectivity index (χ1v) is 14.3. The van der Waals surface area contributed by atoms with E-state index in [1.165, 1.54) is 41.3 Å². The van der Waals surface area contributed by atoms with Crippen LogP contribution < -0.4 is 15.9 Å². The quantitative estimate of drug-likeness (QED) is 0.342. The molecule has 0 aliphatic heterocycles. The van der Waals surface area contributed by atoms with Crippen molar-refractivity contribution in [1.29, 1.82) is 0 Å². The van der Waals surface area contributed by atoms with Crippen LogP contribution in [-0.4, -0.2) is 6.16 Å². The molecule has 0 unspecified atom stereocenters. The zero-order chi connectivity index (χ0) is 17.2. The molecule has 1 aliphatic rings. The van der Waals surface area contributed by atoms with E-state index in [1.807, 2.05) is 0 Å². The van der Waals surface area contributed by atoms with Crippen LogP contribution in [0.4, 0.5) is 0 Å². The molecule has 0 radical (unpaired) electrons. The molecule has 4 rings (SSSR count). The fraction of sp³-hybridized carbons (Fsp3) is 0.217. The van der Waals surface area contributed by atoms with Gasteiger partial charge < -0.3 is 0 Å². The predicted molar refractivity (Wildman–Crippen MR) is 121 cm³/mol. The van der Waals surface area contributed by atoms with Crippen molar-refractivity contribution in [3.05, 3.63) is 91.0 Å². The summed E-state index contributed by atoms with van der Waals surface area (Å²) in [5.41, 5.74) is 0. The Labute approximate surface area is 164 Å². The monoisotopic (exact) mass is 458 g/mol. The fourth-order valence-corrected chi connectivity index (χ4v) is 13.9. The summed E-state index contributed by atoms with van der Waals surface area (Å²) in [6.07, 6.45) is 5.44. The summed E-state index contributed by atoms with van der Waals surface area (Å²) < 4.78 is -2.50. The van der Waals surface area contributed by atoms with Gasteiger partial charge in [-0.05, 0) is 0 Å². The van der Waals surface area contributed by atoms with Crippen LogP contribution in [0, 0.1) is 5.92 Å². The summed E-state index contributed by atoms with van der Waals surface area (Å²) in [7, 11) is 0. The Morgan fingerprint density at radius 1 is 0.640 bits per heavy atom. The van der Waals surface area contributed by atoms with E-state index in [4.69, 9.17) is 0 Å².